The molecule has 2 heteroatoms. The second kappa shape index (κ2) is 3.24. The Labute approximate surface area is 86.9 Å². The number of hydrogen-bond acceptors (Lipinski definition) is 0. The third kappa shape index (κ3) is 1.58. The Morgan fingerprint density at radius 3 is 2.17 bits per heavy atom. The second-order valence-corrected chi connectivity index (χ2v) is 5.47. The van der Waals surface area contributed by atoms with Gasteiger partial charge in [0.05, 0.1) is 3.55 Å². The van der Waals surface area contributed by atoms with Gasteiger partial charge in [0.2, 0.25) is 0 Å². The van der Waals surface area contributed by atoms with Crippen molar-refractivity contribution in [1.29, 1.82) is 0 Å². The summed E-state index contributed by atoms with van der Waals surface area (Å²) in [4.78, 5) is 0. The Balaban J connectivity index is 3.36. The van der Waals surface area contributed by atoms with Crippen LogP contribution in [0, 0.1) is 0 Å². The van der Waals surface area contributed by atoms with Crippen LogP contribution in [0.2, 0.25) is 0 Å². The van der Waals surface area contributed by atoms with Crippen LogP contribution in [0.3, 0.4) is 0 Å². The molecule has 0 N–H and O–H groups in total. The minimum absolute atomic E-state index is 0.107. The quantitative estimate of drug-likeness (QED) is 0.573. The first-order valence-corrected chi connectivity index (χ1v) is 5.12. The van der Waals surface area contributed by atoms with Gasteiger partial charge in [0.15, 0.2) is 0 Å². The van der Waals surface area contributed by atoms with Gasteiger partial charge < -0.3 is 4.57 Å². The van der Waals surface area contributed by atoms with E-state index in [1.165, 1.54) is 0 Å². The molecule has 1 aromatic heterocycles. The van der Waals surface area contributed by atoms with Crippen molar-refractivity contribution in [1.82, 2.24) is 4.57 Å². The average molecular weight is 275 g/mol. The first-order chi connectivity index (χ1) is 5.49. The van der Waals surface area contributed by atoms with E-state index in [4.69, 9.17) is 0 Å². The zero-order valence-electron chi connectivity index (χ0n) is 7.60. The number of nitrogens with zero attached hydrogens (tertiary/aromatic N) is 1. The van der Waals surface area contributed by atoms with Crippen LogP contribution < -0.4 is 10.7 Å². The van der Waals surface area contributed by atoms with Gasteiger partial charge >= 0.3 is 0 Å². The molecule has 1 aromatic rings. The van der Waals surface area contributed by atoms with Crippen LogP contribution in [0.1, 0.15) is 20.3 Å². The lowest BCUT2D eigenvalue weighted by molar-refractivity contribution is 0.484. The molecule has 0 aliphatic rings. The van der Waals surface area contributed by atoms with E-state index >= 15 is 0 Å². The number of halogens is 1. The van der Waals surface area contributed by atoms with Gasteiger partial charge in [-0.1, -0.05) is 42.7 Å². The lowest BCUT2D eigenvalue weighted by atomic mass is 10.2. The van der Waals surface area contributed by atoms with Crippen LogP contribution in [0.5, 0.6) is 0 Å². The van der Waals surface area contributed by atoms with Crippen molar-refractivity contribution in [3.8, 4) is 0 Å². The highest BCUT2D eigenvalue weighted by atomic mass is 127. The van der Waals surface area contributed by atoms with E-state index in [-0.39, 0.29) is 3.55 Å². The molecule has 0 amide bonds. The SMILES string of the molecule is C=c1ccc(=C)n1C(C)(I)CC. The van der Waals surface area contributed by atoms with Crippen LogP contribution in [0.25, 0.3) is 13.2 Å². The number of rotatable bonds is 2. The highest BCUT2D eigenvalue weighted by molar-refractivity contribution is 14.1. The summed E-state index contributed by atoms with van der Waals surface area (Å²) in [5.74, 6) is 0. The van der Waals surface area contributed by atoms with Gasteiger partial charge in [-0.25, -0.2) is 0 Å². The summed E-state index contributed by atoms with van der Waals surface area (Å²) in [5, 5.41) is 2.08. The van der Waals surface area contributed by atoms with Crippen LogP contribution in [-0.4, -0.2) is 4.57 Å². The Bertz CT molecular complexity index is 334. The minimum Gasteiger partial charge on any atom is -0.328 e. The lowest BCUT2D eigenvalue weighted by Gasteiger charge is -2.24. The third-order valence-electron chi connectivity index (χ3n) is 2.15. The van der Waals surface area contributed by atoms with Crippen molar-refractivity contribution in [3.05, 3.63) is 22.8 Å². The summed E-state index contributed by atoms with van der Waals surface area (Å²) in [6, 6.07) is 4.02. The fourth-order valence-electron chi connectivity index (χ4n) is 1.28. The van der Waals surface area contributed by atoms with E-state index in [0.29, 0.717) is 0 Å². The number of hydrogen-bond donors (Lipinski definition) is 0. The third-order valence-corrected chi connectivity index (χ3v) is 3.40. The highest BCUT2D eigenvalue weighted by Crippen LogP contribution is 2.24. The smallest absolute Gasteiger partial charge is 0.0934 e. The zero-order chi connectivity index (χ0) is 9.35. The van der Waals surface area contributed by atoms with Gasteiger partial charge in [0, 0.05) is 10.7 Å². The van der Waals surface area contributed by atoms with Crippen LogP contribution in [0.15, 0.2) is 12.1 Å². The maximum absolute atomic E-state index is 3.97. The second-order valence-electron chi connectivity index (χ2n) is 3.15. The molecule has 0 aliphatic heterocycles. The molecule has 12 heavy (non-hydrogen) atoms. The summed E-state index contributed by atoms with van der Waals surface area (Å²) < 4.78 is 2.28. The number of alkyl halides is 1. The van der Waals surface area contributed by atoms with Crippen molar-refractivity contribution >= 4 is 35.7 Å². The van der Waals surface area contributed by atoms with E-state index < -0.39 is 0 Å². The van der Waals surface area contributed by atoms with E-state index in [0.717, 1.165) is 17.1 Å². The van der Waals surface area contributed by atoms with Gasteiger partial charge in [-0.2, -0.15) is 0 Å². The topological polar surface area (TPSA) is 4.93 Å². The van der Waals surface area contributed by atoms with Crippen molar-refractivity contribution in [2.75, 3.05) is 0 Å². The molecule has 0 aromatic carbocycles. The molecule has 0 radical (unpaired) electrons. The van der Waals surface area contributed by atoms with Gasteiger partial charge in [-0.3, -0.25) is 0 Å². The normalized spacial score (nSPS) is 15.9. The Morgan fingerprint density at radius 1 is 1.42 bits per heavy atom. The summed E-state index contributed by atoms with van der Waals surface area (Å²) in [6.07, 6.45) is 1.08. The maximum Gasteiger partial charge on any atom is 0.0934 e. The zero-order valence-corrected chi connectivity index (χ0v) is 9.76. The van der Waals surface area contributed by atoms with Crippen LogP contribution in [0.4, 0.5) is 0 Å². The fourth-order valence-corrected chi connectivity index (χ4v) is 1.90. The molecule has 66 valence electrons. The van der Waals surface area contributed by atoms with Gasteiger partial charge in [-0.05, 0) is 25.5 Å². The van der Waals surface area contributed by atoms with Crippen LogP contribution in [-0.2, 0) is 3.55 Å². The summed E-state index contributed by atoms with van der Waals surface area (Å²) in [7, 11) is 0. The first-order valence-electron chi connectivity index (χ1n) is 4.04. The molecule has 0 spiro atoms. The van der Waals surface area contributed by atoms with Crippen molar-refractivity contribution in [2.24, 2.45) is 0 Å². The largest absolute Gasteiger partial charge is 0.328 e. The van der Waals surface area contributed by atoms with Crippen molar-refractivity contribution < 1.29 is 0 Å². The van der Waals surface area contributed by atoms with E-state index in [1.807, 2.05) is 12.1 Å². The maximum atomic E-state index is 3.97. The molecule has 0 saturated carbocycles. The monoisotopic (exact) mass is 275 g/mol. The Hall–Kier alpha value is -0.250. The summed E-state index contributed by atoms with van der Waals surface area (Å²) in [5.41, 5.74) is 0. The lowest BCUT2D eigenvalue weighted by Crippen LogP contribution is -2.37. The molecule has 1 unspecified atom stereocenters. The molecular weight excluding hydrogens is 261 g/mol. The molecule has 0 fully saturated rings. The predicted molar refractivity (Wildman–Crippen MR) is 62.7 cm³/mol. The highest BCUT2D eigenvalue weighted by Gasteiger charge is 2.19. The fraction of sp³-hybridized carbons (Fsp3) is 0.400. The molecule has 0 saturated heterocycles. The standard InChI is InChI=1S/C10H14IN/c1-5-10(4,11)12-8(2)6-7-9(12)3/h6-7H,2-3,5H2,1,4H3. The molecule has 1 nitrogen and oxygen atoms in total. The molecule has 1 atom stereocenters. The minimum atomic E-state index is 0.107. The van der Waals surface area contributed by atoms with Crippen molar-refractivity contribution in [3.63, 3.8) is 0 Å². The van der Waals surface area contributed by atoms with E-state index in [9.17, 15) is 0 Å². The van der Waals surface area contributed by atoms with Crippen molar-refractivity contribution in [2.45, 2.75) is 23.8 Å². The van der Waals surface area contributed by atoms with Gasteiger partial charge in [-0.15, -0.1) is 0 Å². The summed E-state index contributed by atoms with van der Waals surface area (Å²) >= 11 is 2.44. The average Bonchev–Trinajstić information content (AvgIpc) is 2.31. The van der Waals surface area contributed by atoms with E-state index in [2.05, 4.69) is 54.2 Å². The Kier molecular flexibility index (Phi) is 2.66. The van der Waals surface area contributed by atoms with Gasteiger partial charge in [0.1, 0.15) is 0 Å². The first kappa shape index (κ1) is 9.84. The molecule has 1 rings (SSSR count). The summed E-state index contributed by atoms with van der Waals surface area (Å²) in [6.45, 7) is 12.3. The molecule has 0 aliphatic carbocycles. The van der Waals surface area contributed by atoms with Gasteiger partial charge in [0.25, 0.3) is 0 Å². The van der Waals surface area contributed by atoms with Crippen LogP contribution >= 0.6 is 22.6 Å². The Morgan fingerprint density at radius 2 is 1.83 bits per heavy atom. The molecular formula is C10H14IN. The molecule has 1 heterocycles. The molecule has 0 bridgehead atoms. The number of aromatic nitrogens is 1. The predicted octanol–water partition coefficient (Wildman–Crippen LogP) is 1.83. The van der Waals surface area contributed by atoms with E-state index in [1.54, 1.807) is 0 Å².